The molecule has 0 rings (SSSR count). The Bertz CT molecular complexity index is 97.0. The Hall–Kier alpha value is 0.310. The zero-order chi connectivity index (χ0) is 9.23. The highest BCUT2D eigenvalue weighted by atomic mass is 32.3. The Morgan fingerprint density at radius 1 is 0.727 bits per heavy atom. The first-order valence-electron chi connectivity index (χ1n) is 4.41. The lowest BCUT2D eigenvalue weighted by molar-refractivity contribution is 0.942. The lowest BCUT2D eigenvalue weighted by atomic mass is 10.5. The topological polar surface area (TPSA) is 26.0 Å². The van der Waals surface area contributed by atoms with Crippen molar-refractivity contribution in [3.8, 4) is 0 Å². The molecule has 70 valence electrons. The Labute approximate surface area is 73.2 Å². The standard InChI is InChI=1S/C9H23NS/c1-7(2)11(10,8(3)4)9(5)6/h7-9H,10H2,1-6H3. The van der Waals surface area contributed by atoms with Crippen molar-refractivity contribution in [1.82, 2.24) is 0 Å². The average Bonchev–Trinajstić information content (AvgIpc) is 1.84. The maximum absolute atomic E-state index is 6.41. The normalized spacial score (nSPS) is 15.1. The lowest BCUT2D eigenvalue weighted by Gasteiger charge is -2.47. The molecule has 0 unspecified atom stereocenters. The molecule has 11 heavy (non-hydrogen) atoms. The van der Waals surface area contributed by atoms with E-state index in [4.69, 9.17) is 5.14 Å². The Kier molecular flexibility index (Phi) is 3.92. The zero-order valence-corrected chi connectivity index (χ0v) is 9.53. The van der Waals surface area contributed by atoms with Gasteiger partial charge in [-0.2, -0.15) is 10.2 Å². The van der Waals surface area contributed by atoms with Crippen LogP contribution in [0.1, 0.15) is 41.5 Å². The number of hydrogen-bond donors (Lipinski definition) is 1. The first-order chi connectivity index (χ1) is 4.83. The van der Waals surface area contributed by atoms with Crippen molar-refractivity contribution in [1.29, 1.82) is 0 Å². The molecule has 0 aliphatic carbocycles. The van der Waals surface area contributed by atoms with Crippen LogP contribution in [0.5, 0.6) is 0 Å². The van der Waals surface area contributed by atoms with Crippen LogP contribution in [0.3, 0.4) is 0 Å². The SMILES string of the molecule is CC(C)S(N)(C(C)C)C(C)C. The van der Waals surface area contributed by atoms with Gasteiger partial charge in [0.15, 0.2) is 0 Å². The molecule has 0 heterocycles. The number of rotatable bonds is 3. The van der Waals surface area contributed by atoms with Crippen LogP contribution in [-0.2, 0) is 0 Å². The van der Waals surface area contributed by atoms with Gasteiger partial charge in [0.1, 0.15) is 0 Å². The van der Waals surface area contributed by atoms with E-state index >= 15 is 0 Å². The number of nitrogens with two attached hydrogens (primary N) is 1. The summed E-state index contributed by atoms with van der Waals surface area (Å²) in [7, 11) is -0.889. The van der Waals surface area contributed by atoms with Crippen LogP contribution in [0.4, 0.5) is 0 Å². The summed E-state index contributed by atoms with van der Waals surface area (Å²) in [6, 6.07) is 0. The molecule has 0 amide bonds. The summed E-state index contributed by atoms with van der Waals surface area (Å²) >= 11 is 0. The third-order valence-electron chi connectivity index (χ3n) is 2.45. The van der Waals surface area contributed by atoms with Crippen molar-refractivity contribution >= 4 is 10.2 Å². The fourth-order valence-electron chi connectivity index (χ4n) is 1.63. The van der Waals surface area contributed by atoms with E-state index in [0.29, 0.717) is 15.7 Å². The van der Waals surface area contributed by atoms with Crippen molar-refractivity contribution in [3.05, 3.63) is 0 Å². The summed E-state index contributed by atoms with van der Waals surface area (Å²) in [4.78, 5) is 0. The van der Waals surface area contributed by atoms with Gasteiger partial charge in [0.2, 0.25) is 0 Å². The second-order valence-corrected chi connectivity index (χ2v) is 8.42. The van der Waals surface area contributed by atoms with Crippen molar-refractivity contribution in [3.63, 3.8) is 0 Å². The van der Waals surface area contributed by atoms with Crippen molar-refractivity contribution in [2.24, 2.45) is 5.14 Å². The monoisotopic (exact) mass is 177 g/mol. The average molecular weight is 177 g/mol. The highest BCUT2D eigenvalue weighted by Gasteiger charge is 2.29. The van der Waals surface area contributed by atoms with Crippen LogP contribution in [0.15, 0.2) is 0 Å². The summed E-state index contributed by atoms with van der Waals surface area (Å²) < 4.78 is 0. The van der Waals surface area contributed by atoms with Gasteiger partial charge in [0.05, 0.1) is 0 Å². The molecular weight excluding hydrogens is 154 g/mol. The Balaban J connectivity index is 4.53. The first-order valence-corrected chi connectivity index (χ1v) is 6.29. The fourth-order valence-corrected chi connectivity index (χ4v) is 4.90. The molecule has 0 aromatic carbocycles. The van der Waals surface area contributed by atoms with E-state index in [1.54, 1.807) is 0 Å². The Morgan fingerprint density at radius 2 is 0.909 bits per heavy atom. The maximum Gasteiger partial charge on any atom is -0.00494 e. The summed E-state index contributed by atoms with van der Waals surface area (Å²) in [6.45, 7) is 13.5. The Morgan fingerprint density at radius 3 is 0.909 bits per heavy atom. The number of hydrogen-bond acceptors (Lipinski definition) is 1. The predicted molar refractivity (Wildman–Crippen MR) is 57.2 cm³/mol. The highest BCUT2D eigenvalue weighted by Crippen LogP contribution is 2.53. The van der Waals surface area contributed by atoms with Crippen LogP contribution in [0.2, 0.25) is 0 Å². The molecule has 2 N–H and O–H groups in total. The van der Waals surface area contributed by atoms with Crippen molar-refractivity contribution in [2.75, 3.05) is 0 Å². The molecule has 0 radical (unpaired) electrons. The minimum absolute atomic E-state index is 0.641. The molecule has 0 aliphatic heterocycles. The van der Waals surface area contributed by atoms with Crippen LogP contribution in [0.25, 0.3) is 0 Å². The molecule has 0 saturated heterocycles. The van der Waals surface area contributed by atoms with Crippen LogP contribution in [0, 0.1) is 0 Å². The highest BCUT2D eigenvalue weighted by molar-refractivity contribution is 8.33. The largest absolute Gasteiger partial charge is 0.294 e. The smallest absolute Gasteiger partial charge is 0.00494 e. The van der Waals surface area contributed by atoms with Gasteiger partial charge in [0.25, 0.3) is 0 Å². The minimum atomic E-state index is -0.889. The van der Waals surface area contributed by atoms with Gasteiger partial charge in [-0.1, -0.05) is 41.5 Å². The molecule has 2 heteroatoms. The van der Waals surface area contributed by atoms with E-state index in [1.165, 1.54) is 0 Å². The van der Waals surface area contributed by atoms with Gasteiger partial charge in [-0.15, -0.1) is 0 Å². The van der Waals surface area contributed by atoms with Crippen LogP contribution in [-0.4, -0.2) is 15.7 Å². The van der Waals surface area contributed by atoms with Crippen molar-refractivity contribution in [2.45, 2.75) is 57.3 Å². The third-order valence-corrected chi connectivity index (χ3v) is 7.35. The second kappa shape index (κ2) is 3.81. The van der Waals surface area contributed by atoms with Gasteiger partial charge in [-0.3, -0.25) is 5.14 Å². The van der Waals surface area contributed by atoms with Gasteiger partial charge in [-0.25, -0.2) is 0 Å². The molecule has 0 spiro atoms. The van der Waals surface area contributed by atoms with E-state index in [0.717, 1.165) is 0 Å². The molecule has 0 aliphatic rings. The van der Waals surface area contributed by atoms with Gasteiger partial charge < -0.3 is 0 Å². The van der Waals surface area contributed by atoms with Crippen LogP contribution >= 0.6 is 10.2 Å². The summed E-state index contributed by atoms with van der Waals surface area (Å²) in [5, 5.41) is 8.33. The van der Waals surface area contributed by atoms with Gasteiger partial charge in [-0.05, 0) is 15.7 Å². The quantitative estimate of drug-likeness (QED) is 0.705. The van der Waals surface area contributed by atoms with E-state index in [9.17, 15) is 0 Å². The fraction of sp³-hybridized carbons (Fsp3) is 1.00. The van der Waals surface area contributed by atoms with Gasteiger partial charge in [0, 0.05) is 0 Å². The first kappa shape index (κ1) is 11.3. The van der Waals surface area contributed by atoms with E-state index in [2.05, 4.69) is 41.5 Å². The predicted octanol–water partition coefficient (Wildman–Crippen LogP) is 2.89. The summed E-state index contributed by atoms with van der Waals surface area (Å²) in [6.07, 6.45) is 0. The summed E-state index contributed by atoms with van der Waals surface area (Å²) in [5.74, 6) is 0. The van der Waals surface area contributed by atoms with Gasteiger partial charge >= 0.3 is 0 Å². The second-order valence-electron chi connectivity index (χ2n) is 3.96. The molecule has 0 aromatic heterocycles. The summed E-state index contributed by atoms with van der Waals surface area (Å²) in [5.41, 5.74) is 0. The molecular formula is C9H23NS. The lowest BCUT2D eigenvalue weighted by Crippen LogP contribution is -2.35. The zero-order valence-electron chi connectivity index (χ0n) is 8.72. The molecule has 0 aromatic rings. The van der Waals surface area contributed by atoms with E-state index < -0.39 is 10.2 Å². The third kappa shape index (κ3) is 2.12. The molecule has 0 bridgehead atoms. The van der Waals surface area contributed by atoms with E-state index in [1.807, 2.05) is 0 Å². The minimum Gasteiger partial charge on any atom is -0.294 e. The maximum atomic E-state index is 6.41. The van der Waals surface area contributed by atoms with Crippen LogP contribution < -0.4 is 5.14 Å². The molecule has 0 saturated carbocycles. The molecule has 0 atom stereocenters. The molecule has 1 nitrogen and oxygen atoms in total. The molecule has 0 fully saturated rings. The van der Waals surface area contributed by atoms with E-state index in [-0.39, 0.29) is 0 Å². The van der Waals surface area contributed by atoms with Crippen molar-refractivity contribution < 1.29 is 0 Å².